The van der Waals surface area contributed by atoms with Gasteiger partial charge in [0, 0.05) is 19.1 Å². The van der Waals surface area contributed by atoms with Crippen LogP contribution >= 0.6 is 0 Å². The molecule has 3 unspecified atom stereocenters. The van der Waals surface area contributed by atoms with Crippen molar-refractivity contribution in [1.29, 1.82) is 0 Å². The van der Waals surface area contributed by atoms with E-state index in [4.69, 9.17) is 4.74 Å². The molecule has 2 rings (SSSR count). The van der Waals surface area contributed by atoms with Gasteiger partial charge in [0.05, 0.1) is 12.2 Å². The fourth-order valence-corrected chi connectivity index (χ4v) is 2.57. The second kappa shape index (κ2) is 3.56. The fraction of sp³-hybridized carbons (Fsp3) is 1.00. The average Bonchev–Trinajstić information content (AvgIpc) is 2.63. The molecule has 76 valence electrons. The normalized spacial score (nSPS) is 46.6. The zero-order chi connectivity index (χ0) is 9.31. The van der Waals surface area contributed by atoms with Crippen LogP contribution in [0.5, 0.6) is 0 Å². The van der Waals surface area contributed by atoms with Crippen LogP contribution < -0.4 is 5.32 Å². The van der Waals surface area contributed by atoms with Crippen LogP contribution in [-0.4, -0.2) is 37.0 Å². The van der Waals surface area contributed by atoms with Crippen LogP contribution in [0.1, 0.15) is 19.8 Å². The van der Waals surface area contributed by atoms with Gasteiger partial charge in [0.1, 0.15) is 0 Å². The van der Waals surface area contributed by atoms with Crippen LogP contribution in [-0.2, 0) is 4.74 Å². The van der Waals surface area contributed by atoms with Crippen molar-refractivity contribution in [2.24, 2.45) is 11.8 Å². The number of rotatable bonds is 1. The summed E-state index contributed by atoms with van der Waals surface area (Å²) in [5, 5.41) is 13.8. The molecule has 0 radical (unpaired) electrons. The SMILES string of the molecule is CC1CNCCC1(O)C1CCOC1. The number of hydrogen-bond donors (Lipinski definition) is 2. The standard InChI is InChI=1S/C10H19NO2/c1-8-6-11-4-3-10(8,12)9-2-5-13-7-9/h8-9,11-12H,2-7H2,1H3. The van der Waals surface area contributed by atoms with Crippen LogP contribution in [0, 0.1) is 11.8 Å². The molecule has 3 atom stereocenters. The molecule has 2 saturated heterocycles. The lowest BCUT2D eigenvalue weighted by molar-refractivity contribution is -0.0830. The molecule has 0 aliphatic carbocycles. The summed E-state index contributed by atoms with van der Waals surface area (Å²) in [6, 6.07) is 0. The first-order chi connectivity index (χ1) is 6.23. The molecule has 2 N–H and O–H groups in total. The maximum Gasteiger partial charge on any atom is 0.0748 e. The third-order valence-corrected chi connectivity index (χ3v) is 3.64. The predicted molar refractivity (Wildman–Crippen MR) is 50.5 cm³/mol. The second-order valence-electron chi connectivity index (χ2n) is 4.41. The Morgan fingerprint density at radius 2 is 2.38 bits per heavy atom. The van der Waals surface area contributed by atoms with E-state index in [0.29, 0.717) is 11.8 Å². The highest BCUT2D eigenvalue weighted by atomic mass is 16.5. The van der Waals surface area contributed by atoms with E-state index >= 15 is 0 Å². The molecule has 0 aromatic carbocycles. The Balaban J connectivity index is 2.06. The van der Waals surface area contributed by atoms with Crippen LogP contribution in [0.2, 0.25) is 0 Å². The molecule has 0 aromatic heterocycles. The van der Waals surface area contributed by atoms with Gasteiger partial charge in [-0.05, 0) is 25.3 Å². The summed E-state index contributed by atoms with van der Waals surface area (Å²) < 4.78 is 5.34. The van der Waals surface area contributed by atoms with E-state index in [1.807, 2.05) is 0 Å². The maximum absolute atomic E-state index is 10.5. The number of ether oxygens (including phenoxy) is 1. The Morgan fingerprint density at radius 1 is 1.54 bits per heavy atom. The van der Waals surface area contributed by atoms with E-state index in [-0.39, 0.29) is 0 Å². The van der Waals surface area contributed by atoms with Crippen molar-refractivity contribution >= 4 is 0 Å². The third-order valence-electron chi connectivity index (χ3n) is 3.64. The third kappa shape index (κ3) is 1.60. The Hall–Kier alpha value is -0.120. The van der Waals surface area contributed by atoms with Gasteiger partial charge in [-0.3, -0.25) is 0 Å². The van der Waals surface area contributed by atoms with Crippen molar-refractivity contribution in [3.05, 3.63) is 0 Å². The van der Waals surface area contributed by atoms with Gasteiger partial charge in [0.2, 0.25) is 0 Å². The number of aliphatic hydroxyl groups is 1. The fourth-order valence-electron chi connectivity index (χ4n) is 2.57. The molecule has 0 spiro atoms. The summed E-state index contributed by atoms with van der Waals surface area (Å²) in [6.45, 7) is 5.59. The molecule has 2 fully saturated rings. The van der Waals surface area contributed by atoms with Crippen molar-refractivity contribution in [3.8, 4) is 0 Å². The predicted octanol–water partition coefficient (Wildman–Crippen LogP) is 0.383. The molecule has 0 bridgehead atoms. The van der Waals surface area contributed by atoms with E-state index in [0.717, 1.165) is 39.1 Å². The minimum atomic E-state index is -0.470. The van der Waals surface area contributed by atoms with Gasteiger partial charge in [-0.15, -0.1) is 0 Å². The Morgan fingerprint density at radius 3 is 3.00 bits per heavy atom. The minimum absolute atomic E-state index is 0.355. The highest BCUT2D eigenvalue weighted by Gasteiger charge is 2.44. The summed E-state index contributed by atoms with van der Waals surface area (Å²) in [5.74, 6) is 0.720. The molecular formula is C10H19NO2. The molecular weight excluding hydrogens is 166 g/mol. The van der Waals surface area contributed by atoms with Crippen molar-refractivity contribution in [3.63, 3.8) is 0 Å². The van der Waals surface area contributed by atoms with E-state index in [1.54, 1.807) is 0 Å². The molecule has 13 heavy (non-hydrogen) atoms. The van der Waals surface area contributed by atoms with Gasteiger partial charge in [-0.1, -0.05) is 6.92 Å². The molecule has 0 amide bonds. The Bertz CT molecular complexity index is 180. The minimum Gasteiger partial charge on any atom is -0.389 e. The van der Waals surface area contributed by atoms with Gasteiger partial charge < -0.3 is 15.2 Å². The van der Waals surface area contributed by atoms with Crippen LogP contribution in [0.3, 0.4) is 0 Å². The number of nitrogens with one attached hydrogen (secondary N) is 1. The van der Waals surface area contributed by atoms with E-state index in [2.05, 4.69) is 12.2 Å². The summed E-state index contributed by atoms with van der Waals surface area (Å²) in [7, 11) is 0. The summed E-state index contributed by atoms with van der Waals surface area (Å²) in [6.07, 6.45) is 1.91. The topological polar surface area (TPSA) is 41.5 Å². The smallest absolute Gasteiger partial charge is 0.0748 e. The van der Waals surface area contributed by atoms with Gasteiger partial charge in [-0.2, -0.15) is 0 Å². The molecule has 0 aromatic rings. The average molecular weight is 185 g/mol. The van der Waals surface area contributed by atoms with Crippen molar-refractivity contribution in [2.75, 3.05) is 26.3 Å². The molecule has 3 heteroatoms. The second-order valence-corrected chi connectivity index (χ2v) is 4.41. The lowest BCUT2D eigenvalue weighted by atomic mass is 9.73. The van der Waals surface area contributed by atoms with Crippen LogP contribution in [0.4, 0.5) is 0 Å². The molecule has 3 nitrogen and oxygen atoms in total. The highest BCUT2D eigenvalue weighted by Crippen LogP contribution is 2.36. The molecule has 2 aliphatic heterocycles. The summed E-state index contributed by atoms with van der Waals surface area (Å²) >= 11 is 0. The van der Waals surface area contributed by atoms with Gasteiger partial charge in [0.15, 0.2) is 0 Å². The van der Waals surface area contributed by atoms with Gasteiger partial charge in [0.25, 0.3) is 0 Å². The van der Waals surface area contributed by atoms with Crippen molar-refractivity contribution in [2.45, 2.75) is 25.4 Å². The molecule has 2 aliphatic rings. The van der Waals surface area contributed by atoms with Crippen LogP contribution in [0.15, 0.2) is 0 Å². The van der Waals surface area contributed by atoms with Gasteiger partial charge >= 0.3 is 0 Å². The van der Waals surface area contributed by atoms with Gasteiger partial charge in [-0.25, -0.2) is 0 Å². The zero-order valence-corrected chi connectivity index (χ0v) is 8.25. The first kappa shape index (κ1) is 9.44. The van der Waals surface area contributed by atoms with Crippen LogP contribution in [0.25, 0.3) is 0 Å². The first-order valence-corrected chi connectivity index (χ1v) is 5.24. The quantitative estimate of drug-likeness (QED) is 0.620. The molecule has 2 heterocycles. The van der Waals surface area contributed by atoms with Crippen molar-refractivity contribution < 1.29 is 9.84 Å². The van der Waals surface area contributed by atoms with Crippen molar-refractivity contribution in [1.82, 2.24) is 5.32 Å². The monoisotopic (exact) mass is 185 g/mol. The Labute approximate surface area is 79.5 Å². The number of hydrogen-bond acceptors (Lipinski definition) is 3. The number of piperidine rings is 1. The maximum atomic E-state index is 10.5. The highest BCUT2D eigenvalue weighted by molar-refractivity contribution is 4.96. The first-order valence-electron chi connectivity index (χ1n) is 5.24. The lowest BCUT2D eigenvalue weighted by Gasteiger charge is -2.42. The lowest BCUT2D eigenvalue weighted by Crippen LogP contribution is -2.53. The molecule has 0 saturated carbocycles. The van der Waals surface area contributed by atoms with E-state index < -0.39 is 5.60 Å². The van der Waals surface area contributed by atoms with E-state index in [9.17, 15) is 5.11 Å². The summed E-state index contributed by atoms with van der Waals surface area (Å²) in [4.78, 5) is 0. The van der Waals surface area contributed by atoms with E-state index in [1.165, 1.54) is 0 Å². The summed E-state index contributed by atoms with van der Waals surface area (Å²) in [5.41, 5.74) is -0.470. The largest absolute Gasteiger partial charge is 0.389 e. The Kier molecular flexibility index (Phi) is 2.58. The zero-order valence-electron chi connectivity index (χ0n) is 8.25.